The molecule has 1 spiro atoms. The van der Waals surface area contributed by atoms with E-state index in [-0.39, 0.29) is 23.6 Å². The molecule has 3 aliphatic heterocycles. The van der Waals surface area contributed by atoms with E-state index in [0.29, 0.717) is 32.1 Å². The fourth-order valence-corrected chi connectivity index (χ4v) is 4.73. The molecule has 2 fully saturated rings. The summed E-state index contributed by atoms with van der Waals surface area (Å²) in [5.41, 5.74) is 2.15. The average molecular weight is 428 g/mol. The van der Waals surface area contributed by atoms with Crippen molar-refractivity contribution >= 4 is 5.91 Å². The Morgan fingerprint density at radius 1 is 1.16 bits per heavy atom. The van der Waals surface area contributed by atoms with Gasteiger partial charge in [-0.15, -0.1) is 10.2 Å². The van der Waals surface area contributed by atoms with Gasteiger partial charge in [0.1, 0.15) is 6.33 Å². The Balaban J connectivity index is 1.17. The first kappa shape index (κ1) is 20.1. The van der Waals surface area contributed by atoms with Crippen LogP contribution in [-0.2, 0) is 9.53 Å². The number of amides is 1. The van der Waals surface area contributed by atoms with Crippen LogP contribution in [0.2, 0.25) is 0 Å². The molecule has 0 saturated carbocycles. The van der Waals surface area contributed by atoms with Gasteiger partial charge in [0.25, 0.3) is 0 Å². The smallest absolute Gasteiger partial charge is 0.233 e. The van der Waals surface area contributed by atoms with E-state index in [9.17, 15) is 9.18 Å². The molecule has 1 amide bonds. The molecule has 0 N–H and O–H groups in total. The minimum atomic E-state index is -1.25. The molecule has 5 heterocycles. The number of carbonyl (C=O) groups excluding carboxylic acids is 1. The summed E-state index contributed by atoms with van der Waals surface area (Å²) in [7, 11) is 0. The van der Waals surface area contributed by atoms with Crippen LogP contribution in [0.25, 0.3) is 5.82 Å². The van der Waals surface area contributed by atoms with Crippen LogP contribution < -0.4 is 0 Å². The van der Waals surface area contributed by atoms with E-state index in [1.165, 1.54) is 11.0 Å². The summed E-state index contributed by atoms with van der Waals surface area (Å²) in [5, 5.41) is 18.8. The van der Waals surface area contributed by atoms with Crippen LogP contribution in [-0.4, -0.2) is 85.5 Å². The molecule has 0 bridgehead atoms. The molecular weight excluding hydrogens is 403 g/mol. The van der Waals surface area contributed by atoms with E-state index in [1.54, 1.807) is 12.1 Å². The van der Waals surface area contributed by atoms with Crippen LogP contribution in [0, 0.1) is 5.41 Å². The SMILES string of the molecule is CC1=C(N2CCC3(CCN(C[C@H](F)c4ccc(-n5cnnn5)nn4)CC3)C2=O)COC1. The van der Waals surface area contributed by atoms with Crippen LogP contribution in [0.15, 0.2) is 29.7 Å². The topological polar surface area (TPSA) is 102 Å². The van der Waals surface area contributed by atoms with Gasteiger partial charge in [0.15, 0.2) is 12.0 Å². The number of hydrogen-bond donors (Lipinski definition) is 0. The second-order valence-electron chi connectivity index (χ2n) is 8.55. The van der Waals surface area contributed by atoms with E-state index in [2.05, 4.69) is 30.6 Å². The van der Waals surface area contributed by atoms with Crippen molar-refractivity contribution in [2.75, 3.05) is 39.4 Å². The lowest BCUT2D eigenvalue weighted by Gasteiger charge is -2.38. The molecule has 0 unspecified atom stereocenters. The number of piperidine rings is 1. The minimum absolute atomic E-state index is 0.216. The molecule has 5 rings (SSSR count). The van der Waals surface area contributed by atoms with Gasteiger partial charge >= 0.3 is 0 Å². The number of rotatable bonds is 5. The van der Waals surface area contributed by atoms with Crippen molar-refractivity contribution in [1.29, 1.82) is 0 Å². The van der Waals surface area contributed by atoms with Crippen molar-refractivity contribution in [1.82, 2.24) is 40.2 Å². The summed E-state index contributed by atoms with van der Waals surface area (Å²) in [6, 6.07) is 3.25. The number of halogens is 1. The number of tetrazole rings is 1. The van der Waals surface area contributed by atoms with Gasteiger partial charge in [-0.25, -0.2) is 4.39 Å². The van der Waals surface area contributed by atoms with Crippen molar-refractivity contribution in [3.05, 3.63) is 35.4 Å². The highest BCUT2D eigenvalue weighted by Gasteiger charge is 2.49. The third kappa shape index (κ3) is 3.72. The molecule has 0 aliphatic carbocycles. The maximum Gasteiger partial charge on any atom is 0.233 e. The van der Waals surface area contributed by atoms with Crippen LogP contribution in [0.5, 0.6) is 0 Å². The van der Waals surface area contributed by atoms with Gasteiger partial charge < -0.3 is 9.64 Å². The first-order valence-corrected chi connectivity index (χ1v) is 10.6. The highest BCUT2D eigenvalue weighted by atomic mass is 19.1. The molecule has 11 heteroatoms. The van der Waals surface area contributed by atoms with Crippen LogP contribution in [0.4, 0.5) is 4.39 Å². The zero-order valence-electron chi connectivity index (χ0n) is 17.4. The molecule has 2 aromatic rings. The average Bonchev–Trinajstić information content (AvgIpc) is 3.53. The Kier molecular flexibility index (Phi) is 5.22. The highest BCUT2D eigenvalue weighted by molar-refractivity contribution is 5.86. The zero-order valence-corrected chi connectivity index (χ0v) is 17.4. The second-order valence-corrected chi connectivity index (χ2v) is 8.55. The largest absolute Gasteiger partial charge is 0.371 e. The standard InChI is InChI=1S/C20H25FN8O2/c1-14-11-31-12-17(14)28-9-6-20(19(28)30)4-7-27(8-5-20)10-15(21)16-2-3-18(24-23-16)29-13-22-25-26-29/h2-3,13,15H,4-12H2,1H3/t15-/m0/s1. The van der Waals surface area contributed by atoms with Gasteiger partial charge in [-0.2, -0.15) is 9.78 Å². The molecule has 2 saturated heterocycles. The Morgan fingerprint density at radius 2 is 1.97 bits per heavy atom. The third-order valence-electron chi connectivity index (χ3n) is 6.70. The maximum atomic E-state index is 14.9. The van der Waals surface area contributed by atoms with Crippen molar-refractivity contribution in [3.8, 4) is 5.82 Å². The van der Waals surface area contributed by atoms with Gasteiger partial charge in [-0.1, -0.05) is 0 Å². The highest BCUT2D eigenvalue weighted by Crippen LogP contribution is 2.43. The molecule has 2 aromatic heterocycles. The predicted octanol–water partition coefficient (Wildman–Crippen LogP) is 1.08. The van der Waals surface area contributed by atoms with Crippen molar-refractivity contribution in [2.45, 2.75) is 32.4 Å². The van der Waals surface area contributed by atoms with Crippen molar-refractivity contribution in [2.24, 2.45) is 5.41 Å². The number of nitrogens with zero attached hydrogens (tertiary/aromatic N) is 8. The fourth-order valence-electron chi connectivity index (χ4n) is 4.73. The van der Waals surface area contributed by atoms with Crippen LogP contribution in [0.1, 0.15) is 38.1 Å². The number of ether oxygens (including phenoxy) is 1. The lowest BCUT2D eigenvalue weighted by Crippen LogP contribution is -2.45. The third-order valence-corrected chi connectivity index (χ3v) is 6.70. The van der Waals surface area contributed by atoms with Crippen LogP contribution in [0.3, 0.4) is 0 Å². The normalized spacial score (nSPS) is 22.6. The summed E-state index contributed by atoms with van der Waals surface area (Å²) in [6.45, 7) is 5.56. The molecule has 0 radical (unpaired) electrons. The summed E-state index contributed by atoms with van der Waals surface area (Å²) in [4.78, 5) is 17.2. The molecule has 31 heavy (non-hydrogen) atoms. The number of hydrogen-bond acceptors (Lipinski definition) is 8. The molecule has 1 atom stereocenters. The minimum Gasteiger partial charge on any atom is -0.371 e. The van der Waals surface area contributed by atoms with Crippen LogP contribution >= 0.6 is 0 Å². The number of likely N-dealkylation sites (tertiary alicyclic amines) is 2. The van der Waals surface area contributed by atoms with Gasteiger partial charge in [0.05, 0.1) is 24.3 Å². The molecule has 10 nitrogen and oxygen atoms in total. The first-order chi connectivity index (χ1) is 15.1. The summed E-state index contributed by atoms with van der Waals surface area (Å²) in [6.07, 6.45) is 2.53. The van der Waals surface area contributed by atoms with E-state index < -0.39 is 6.17 Å². The summed E-state index contributed by atoms with van der Waals surface area (Å²) in [5.74, 6) is 0.649. The summed E-state index contributed by atoms with van der Waals surface area (Å²) >= 11 is 0. The van der Waals surface area contributed by atoms with Gasteiger partial charge in [-0.05, 0) is 67.4 Å². The quantitative estimate of drug-likeness (QED) is 0.697. The van der Waals surface area contributed by atoms with Gasteiger partial charge in [0.2, 0.25) is 5.91 Å². The Hall–Kier alpha value is -2.79. The van der Waals surface area contributed by atoms with Gasteiger partial charge in [-0.3, -0.25) is 9.69 Å². The van der Waals surface area contributed by atoms with Crippen molar-refractivity contribution in [3.63, 3.8) is 0 Å². The lowest BCUT2D eigenvalue weighted by atomic mass is 9.77. The number of alkyl halides is 1. The van der Waals surface area contributed by atoms with E-state index >= 15 is 0 Å². The second kappa shape index (κ2) is 8.04. The molecular formula is C20H25FN8O2. The maximum absolute atomic E-state index is 14.9. The zero-order chi connectivity index (χ0) is 21.4. The monoisotopic (exact) mass is 428 g/mol. The number of aromatic nitrogens is 6. The predicted molar refractivity (Wildman–Crippen MR) is 107 cm³/mol. The fraction of sp³-hybridized carbons (Fsp3) is 0.600. The van der Waals surface area contributed by atoms with E-state index in [1.807, 2.05) is 11.8 Å². The Labute approximate surface area is 179 Å². The van der Waals surface area contributed by atoms with Crippen molar-refractivity contribution < 1.29 is 13.9 Å². The van der Waals surface area contributed by atoms with E-state index in [4.69, 9.17) is 4.74 Å². The van der Waals surface area contributed by atoms with Gasteiger partial charge in [0, 0.05) is 18.8 Å². The summed E-state index contributed by atoms with van der Waals surface area (Å²) < 4.78 is 21.7. The number of carbonyl (C=O) groups is 1. The first-order valence-electron chi connectivity index (χ1n) is 10.6. The molecule has 0 aromatic carbocycles. The Bertz CT molecular complexity index is 970. The molecule has 164 valence electrons. The lowest BCUT2D eigenvalue weighted by molar-refractivity contribution is -0.137. The Morgan fingerprint density at radius 3 is 2.61 bits per heavy atom. The van der Waals surface area contributed by atoms with E-state index in [0.717, 1.165) is 37.1 Å². The molecule has 3 aliphatic rings.